The summed E-state index contributed by atoms with van der Waals surface area (Å²) in [5.41, 5.74) is 5.61. The summed E-state index contributed by atoms with van der Waals surface area (Å²) in [6, 6.07) is 2.08. The minimum absolute atomic E-state index is 0.988. The maximum atomic E-state index is 4.24. The zero-order chi connectivity index (χ0) is 11.7. The smallest absolute Gasteiger partial charge is 0.0585 e. The van der Waals surface area contributed by atoms with Crippen LogP contribution in [-0.4, -0.2) is 24.6 Å². The van der Waals surface area contributed by atoms with Gasteiger partial charge in [0.25, 0.3) is 0 Å². The SMILES string of the molecule is Cc1ccncc1N1CCC2=C(CNC=C2)C1. The first kappa shape index (κ1) is 10.4. The van der Waals surface area contributed by atoms with Crippen molar-refractivity contribution in [1.29, 1.82) is 0 Å². The van der Waals surface area contributed by atoms with Crippen molar-refractivity contribution in [1.82, 2.24) is 10.3 Å². The Kier molecular flexibility index (Phi) is 2.59. The van der Waals surface area contributed by atoms with Crippen LogP contribution in [0.4, 0.5) is 5.69 Å². The number of rotatable bonds is 1. The number of aryl methyl sites for hydroxylation is 1. The number of anilines is 1. The molecule has 2 aliphatic heterocycles. The summed E-state index contributed by atoms with van der Waals surface area (Å²) in [7, 11) is 0. The van der Waals surface area contributed by atoms with Gasteiger partial charge in [-0.15, -0.1) is 0 Å². The van der Waals surface area contributed by atoms with E-state index in [4.69, 9.17) is 0 Å². The van der Waals surface area contributed by atoms with Gasteiger partial charge in [0.2, 0.25) is 0 Å². The molecule has 0 spiro atoms. The molecule has 3 heteroatoms. The standard InChI is InChI=1S/C14H17N3/c1-11-2-5-16-9-14(11)17-7-4-12-3-6-15-8-13(12)10-17/h2-3,5-6,9,15H,4,7-8,10H2,1H3. The Morgan fingerprint density at radius 2 is 2.35 bits per heavy atom. The van der Waals surface area contributed by atoms with Crippen molar-refractivity contribution in [2.45, 2.75) is 13.3 Å². The molecule has 0 atom stereocenters. The fourth-order valence-corrected chi connectivity index (χ4v) is 2.55. The Hall–Kier alpha value is -1.77. The Bertz CT molecular complexity index is 488. The van der Waals surface area contributed by atoms with Gasteiger partial charge in [0.05, 0.1) is 11.9 Å². The van der Waals surface area contributed by atoms with E-state index in [1.165, 1.54) is 22.4 Å². The second kappa shape index (κ2) is 4.24. The topological polar surface area (TPSA) is 28.2 Å². The summed E-state index contributed by atoms with van der Waals surface area (Å²) in [6.07, 6.45) is 9.25. The molecule has 17 heavy (non-hydrogen) atoms. The van der Waals surface area contributed by atoms with Crippen LogP contribution in [0.15, 0.2) is 41.9 Å². The predicted octanol–water partition coefficient (Wildman–Crippen LogP) is 2.01. The highest BCUT2D eigenvalue weighted by atomic mass is 15.1. The molecule has 3 nitrogen and oxygen atoms in total. The van der Waals surface area contributed by atoms with E-state index in [2.05, 4.69) is 40.5 Å². The molecule has 0 aliphatic carbocycles. The lowest BCUT2D eigenvalue weighted by atomic mass is 9.97. The minimum atomic E-state index is 0.988. The van der Waals surface area contributed by atoms with Gasteiger partial charge in [-0.1, -0.05) is 0 Å². The molecular weight excluding hydrogens is 210 g/mol. The lowest BCUT2D eigenvalue weighted by molar-refractivity contribution is 0.722. The van der Waals surface area contributed by atoms with Gasteiger partial charge in [0, 0.05) is 25.8 Å². The molecule has 0 unspecified atom stereocenters. The first-order chi connectivity index (χ1) is 8.34. The number of nitrogens with one attached hydrogen (secondary N) is 1. The average molecular weight is 227 g/mol. The molecule has 1 aromatic heterocycles. The fraction of sp³-hybridized carbons (Fsp3) is 0.357. The molecule has 0 amide bonds. The molecular formula is C14H17N3. The van der Waals surface area contributed by atoms with Crippen LogP contribution in [0.25, 0.3) is 0 Å². The summed E-state index contributed by atoms with van der Waals surface area (Å²) < 4.78 is 0. The van der Waals surface area contributed by atoms with Crippen molar-refractivity contribution in [3.63, 3.8) is 0 Å². The minimum Gasteiger partial charge on any atom is -0.387 e. The van der Waals surface area contributed by atoms with Crippen molar-refractivity contribution in [2.24, 2.45) is 0 Å². The van der Waals surface area contributed by atoms with E-state index >= 15 is 0 Å². The Morgan fingerprint density at radius 1 is 1.41 bits per heavy atom. The largest absolute Gasteiger partial charge is 0.387 e. The molecule has 0 radical (unpaired) electrons. The van der Waals surface area contributed by atoms with E-state index in [0.717, 1.165) is 26.1 Å². The van der Waals surface area contributed by atoms with Crippen molar-refractivity contribution in [2.75, 3.05) is 24.5 Å². The lowest BCUT2D eigenvalue weighted by Crippen LogP contribution is -2.36. The maximum absolute atomic E-state index is 4.24. The highest BCUT2D eigenvalue weighted by Gasteiger charge is 2.20. The number of nitrogens with zero attached hydrogens (tertiary/aromatic N) is 2. The summed E-state index contributed by atoms with van der Waals surface area (Å²) in [6.45, 7) is 5.26. The number of aromatic nitrogens is 1. The van der Waals surface area contributed by atoms with E-state index in [0.29, 0.717) is 0 Å². The third kappa shape index (κ3) is 1.93. The van der Waals surface area contributed by atoms with Crippen LogP contribution >= 0.6 is 0 Å². The van der Waals surface area contributed by atoms with Crippen molar-refractivity contribution in [3.8, 4) is 0 Å². The van der Waals surface area contributed by atoms with Crippen molar-refractivity contribution < 1.29 is 0 Å². The van der Waals surface area contributed by atoms with Gasteiger partial charge in [-0.3, -0.25) is 4.98 Å². The molecule has 1 aromatic rings. The number of dihydropyridines is 1. The monoisotopic (exact) mass is 227 g/mol. The molecule has 1 N–H and O–H groups in total. The molecule has 0 fully saturated rings. The van der Waals surface area contributed by atoms with Crippen molar-refractivity contribution in [3.05, 3.63) is 47.4 Å². The maximum Gasteiger partial charge on any atom is 0.0585 e. The first-order valence-electron chi connectivity index (χ1n) is 6.11. The molecule has 3 heterocycles. The molecule has 3 rings (SSSR count). The second-order valence-electron chi connectivity index (χ2n) is 4.68. The van der Waals surface area contributed by atoms with Crippen LogP contribution in [0.2, 0.25) is 0 Å². The summed E-state index contributed by atoms with van der Waals surface area (Å²) >= 11 is 0. The quantitative estimate of drug-likeness (QED) is 0.795. The summed E-state index contributed by atoms with van der Waals surface area (Å²) in [4.78, 5) is 6.67. The molecule has 0 aromatic carbocycles. The third-order valence-corrected chi connectivity index (χ3v) is 3.56. The van der Waals surface area contributed by atoms with Gasteiger partial charge >= 0.3 is 0 Å². The number of hydrogen-bond acceptors (Lipinski definition) is 3. The van der Waals surface area contributed by atoms with Gasteiger partial charge in [-0.05, 0) is 48.4 Å². The van der Waals surface area contributed by atoms with Gasteiger partial charge in [0.15, 0.2) is 0 Å². The van der Waals surface area contributed by atoms with Gasteiger partial charge in [-0.25, -0.2) is 0 Å². The highest BCUT2D eigenvalue weighted by Crippen LogP contribution is 2.26. The van der Waals surface area contributed by atoms with Crippen LogP contribution < -0.4 is 10.2 Å². The van der Waals surface area contributed by atoms with E-state index in [1.54, 1.807) is 0 Å². The predicted molar refractivity (Wildman–Crippen MR) is 70.0 cm³/mol. The number of hydrogen-bond donors (Lipinski definition) is 1. The lowest BCUT2D eigenvalue weighted by Gasteiger charge is -2.33. The van der Waals surface area contributed by atoms with Crippen LogP contribution in [-0.2, 0) is 0 Å². The Labute approximate surface area is 102 Å². The highest BCUT2D eigenvalue weighted by molar-refractivity contribution is 5.54. The van der Waals surface area contributed by atoms with Crippen molar-refractivity contribution >= 4 is 5.69 Å². The normalized spacial score (nSPS) is 19.0. The Morgan fingerprint density at radius 3 is 3.24 bits per heavy atom. The molecule has 88 valence electrons. The molecule has 2 aliphatic rings. The summed E-state index contributed by atoms with van der Waals surface area (Å²) in [5, 5.41) is 3.29. The van der Waals surface area contributed by atoms with Gasteiger partial charge in [-0.2, -0.15) is 0 Å². The van der Waals surface area contributed by atoms with Crippen LogP contribution in [0, 0.1) is 6.92 Å². The average Bonchev–Trinajstić information content (AvgIpc) is 2.39. The van der Waals surface area contributed by atoms with E-state index in [9.17, 15) is 0 Å². The zero-order valence-electron chi connectivity index (χ0n) is 10.1. The third-order valence-electron chi connectivity index (χ3n) is 3.56. The van der Waals surface area contributed by atoms with Crippen LogP contribution in [0.1, 0.15) is 12.0 Å². The van der Waals surface area contributed by atoms with E-state index < -0.39 is 0 Å². The van der Waals surface area contributed by atoms with Gasteiger partial charge in [0.1, 0.15) is 0 Å². The second-order valence-corrected chi connectivity index (χ2v) is 4.68. The number of allylic oxidation sites excluding steroid dienone is 1. The van der Waals surface area contributed by atoms with Crippen LogP contribution in [0.5, 0.6) is 0 Å². The van der Waals surface area contributed by atoms with Crippen LogP contribution in [0.3, 0.4) is 0 Å². The van der Waals surface area contributed by atoms with Gasteiger partial charge < -0.3 is 10.2 Å². The first-order valence-corrected chi connectivity index (χ1v) is 6.11. The number of pyridine rings is 1. The summed E-state index contributed by atoms with van der Waals surface area (Å²) in [5.74, 6) is 0. The molecule has 0 saturated heterocycles. The Balaban J connectivity index is 1.87. The molecule has 0 bridgehead atoms. The fourth-order valence-electron chi connectivity index (χ4n) is 2.55. The van der Waals surface area contributed by atoms with E-state index in [1.807, 2.05) is 12.4 Å². The van der Waals surface area contributed by atoms with E-state index in [-0.39, 0.29) is 0 Å². The zero-order valence-corrected chi connectivity index (χ0v) is 10.1. The molecule has 0 saturated carbocycles.